The lowest BCUT2D eigenvalue weighted by atomic mass is 10.00. The summed E-state index contributed by atoms with van der Waals surface area (Å²) in [6.07, 6.45) is 4.71. The average molecular weight is 475 g/mol. The number of halogens is 1. The van der Waals surface area contributed by atoms with Crippen molar-refractivity contribution in [2.24, 2.45) is 11.7 Å². The van der Waals surface area contributed by atoms with E-state index in [2.05, 4.69) is 25.6 Å². The van der Waals surface area contributed by atoms with Crippen LogP contribution in [0.3, 0.4) is 0 Å². The Morgan fingerprint density at radius 1 is 1.06 bits per heavy atom. The molecule has 0 fully saturated rings. The molecular formula is C26H27FN6O2. The van der Waals surface area contributed by atoms with Crippen LogP contribution in [0.25, 0.3) is 33.4 Å². The van der Waals surface area contributed by atoms with E-state index in [1.807, 2.05) is 25.1 Å². The third kappa shape index (κ3) is 5.70. The number of anilines is 1. The van der Waals surface area contributed by atoms with E-state index in [9.17, 15) is 14.0 Å². The molecule has 5 N–H and O–H groups in total. The number of rotatable bonds is 9. The highest BCUT2D eigenvalue weighted by atomic mass is 19.1. The Balaban J connectivity index is 1.56. The molecule has 35 heavy (non-hydrogen) atoms. The number of pyridine rings is 2. The van der Waals surface area contributed by atoms with E-state index < -0.39 is 0 Å². The monoisotopic (exact) mass is 474 g/mol. The van der Waals surface area contributed by atoms with Crippen molar-refractivity contribution in [1.82, 2.24) is 20.3 Å². The van der Waals surface area contributed by atoms with Crippen molar-refractivity contribution < 1.29 is 14.0 Å². The molecule has 4 rings (SSSR count). The number of carbonyl (C=O) groups excluding carboxylic acids is 2. The topological polar surface area (TPSA) is 126 Å². The van der Waals surface area contributed by atoms with Crippen LogP contribution >= 0.6 is 0 Å². The molecule has 0 bridgehead atoms. The predicted molar refractivity (Wildman–Crippen MR) is 134 cm³/mol. The number of H-pyrrole nitrogens is 1. The van der Waals surface area contributed by atoms with Crippen molar-refractivity contribution in [2.75, 3.05) is 18.4 Å². The minimum Gasteiger partial charge on any atom is -0.355 e. The second-order valence-corrected chi connectivity index (χ2v) is 8.30. The fraction of sp³-hybridized carbons (Fsp3) is 0.231. The highest BCUT2D eigenvalue weighted by Crippen LogP contribution is 2.38. The van der Waals surface area contributed by atoms with Crippen molar-refractivity contribution in [2.45, 2.75) is 19.8 Å². The van der Waals surface area contributed by atoms with Crippen molar-refractivity contribution in [1.29, 1.82) is 0 Å². The lowest BCUT2D eigenvalue weighted by Crippen LogP contribution is -2.31. The number of aromatic nitrogens is 3. The van der Waals surface area contributed by atoms with Gasteiger partial charge >= 0.3 is 0 Å². The van der Waals surface area contributed by atoms with E-state index in [1.54, 1.807) is 30.6 Å². The predicted octanol–water partition coefficient (Wildman–Crippen LogP) is 3.86. The largest absolute Gasteiger partial charge is 0.355 e. The van der Waals surface area contributed by atoms with E-state index in [0.717, 1.165) is 27.8 Å². The number of aromatic amines is 1. The lowest BCUT2D eigenvalue weighted by molar-refractivity contribution is -0.119. The number of hydrogen-bond acceptors (Lipinski definition) is 5. The molecule has 9 heteroatoms. The maximum absolute atomic E-state index is 13.5. The molecule has 2 amide bonds. The van der Waals surface area contributed by atoms with Gasteiger partial charge in [-0.1, -0.05) is 6.92 Å². The molecule has 0 unspecified atom stereocenters. The van der Waals surface area contributed by atoms with Gasteiger partial charge in [0.15, 0.2) is 0 Å². The number of nitrogens with zero attached hydrogens (tertiary/aromatic N) is 2. The minimum absolute atomic E-state index is 0.0469. The van der Waals surface area contributed by atoms with E-state index in [-0.39, 0.29) is 30.1 Å². The molecule has 4 aromatic rings. The average Bonchev–Trinajstić information content (AvgIpc) is 3.26. The van der Waals surface area contributed by atoms with Crippen LogP contribution in [0.2, 0.25) is 0 Å². The summed E-state index contributed by atoms with van der Waals surface area (Å²) in [4.78, 5) is 36.0. The highest BCUT2D eigenvalue weighted by molar-refractivity contribution is 6.03. The second-order valence-electron chi connectivity index (χ2n) is 8.30. The van der Waals surface area contributed by atoms with Gasteiger partial charge < -0.3 is 21.4 Å². The van der Waals surface area contributed by atoms with Gasteiger partial charge in [-0.2, -0.15) is 0 Å². The first-order valence-corrected chi connectivity index (χ1v) is 11.4. The summed E-state index contributed by atoms with van der Waals surface area (Å²) in [6, 6.07) is 13.7. The summed E-state index contributed by atoms with van der Waals surface area (Å²) in [7, 11) is 0. The van der Waals surface area contributed by atoms with Crippen LogP contribution in [0.1, 0.15) is 19.8 Å². The molecule has 0 saturated heterocycles. The van der Waals surface area contributed by atoms with Crippen LogP contribution in [0, 0.1) is 11.7 Å². The molecule has 0 saturated carbocycles. The number of carbonyl (C=O) groups is 2. The minimum atomic E-state index is -0.311. The highest BCUT2D eigenvalue weighted by Gasteiger charge is 2.18. The van der Waals surface area contributed by atoms with Gasteiger partial charge in [0.2, 0.25) is 11.8 Å². The first-order valence-electron chi connectivity index (χ1n) is 11.4. The Bertz CT molecular complexity index is 1320. The third-order valence-electron chi connectivity index (χ3n) is 5.78. The molecule has 180 valence electrons. The lowest BCUT2D eigenvalue weighted by Gasteiger charge is -2.12. The van der Waals surface area contributed by atoms with Gasteiger partial charge in [-0.3, -0.25) is 14.6 Å². The summed E-state index contributed by atoms with van der Waals surface area (Å²) in [6.45, 7) is 2.26. The van der Waals surface area contributed by atoms with E-state index in [0.29, 0.717) is 30.9 Å². The van der Waals surface area contributed by atoms with Crippen LogP contribution in [-0.2, 0) is 9.59 Å². The zero-order valence-electron chi connectivity index (χ0n) is 19.3. The number of fused-ring (bicyclic) bond motifs is 1. The van der Waals surface area contributed by atoms with Crippen molar-refractivity contribution in [3.05, 3.63) is 66.7 Å². The smallest absolute Gasteiger partial charge is 0.233 e. The molecule has 3 heterocycles. The summed E-state index contributed by atoms with van der Waals surface area (Å²) >= 11 is 0. The van der Waals surface area contributed by atoms with Crippen LogP contribution in [0.15, 0.2) is 60.9 Å². The first-order chi connectivity index (χ1) is 17.0. The standard InChI is InChI=1S/C26H27FN6O2/c1-16(3-2-12-30-22(34)15-28)26(35)32-21-9-8-20-23(17-10-13-29-14-11-17)24(33-25(20)31-21)18-4-6-19(27)7-5-18/h4-11,13-14,16H,2-3,12,15,28H2,1H3,(H,30,34)(H2,31,32,33,35)/t16-/m0/s1. The maximum Gasteiger partial charge on any atom is 0.233 e. The molecule has 0 radical (unpaired) electrons. The Morgan fingerprint density at radius 3 is 2.51 bits per heavy atom. The first kappa shape index (κ1) is 24.0. The van der Waals surface area contributed by atoms with Gasteiger partial charge in [0.05, 0.1) is 12.2 Å². The van der Waals surface area contributed by atoms with Gasteiger partial charge in [0, 0.05) is 35.8 Å². The number of nitrogens with one attached hydrogen (secondary N) is 3. The fourth-order valence-corrected chi connectivity index (χ4v) is 3.88. The Hall–Kier alpha value is -4.11. The number of hydrogen-bond donors (Lipinski definition) is 4. The van der Waals surface area contributed by atoms with Gasteiger partial charge in [-0.25, -0.2) is 9.37 Å². The summed E-state index contributed by atoms with van der Waals surface area (Å²) in [5, 5.41) is 6.44. The SMILES string of the molecule is C[C@@H](CCCNC(=O)CN)C(=O)Nc1ccc2c(-c3ccncc3)c(-c3ccc(F)cc3)[nH]c2n1. The molecule has 3 aromatic heterocycles. The molecule has 0 spiro atoms. The summed E-state index contributed by atoms with van der Waals surface area (Å²) in [5.41, 5.74) is 9.36. The second kappa shape index (κ2) is 10.9. The maximum atomic E-state index is 13.5. The molecular weight excluding hydrogens is 447 g/mol. The fourth-order valence-electron chi connectivity index (χ4n) is 3.88. The normalized spacial score (nSPS) is 11.9. The van der Waals surface area contributed by atoms with Gasteiger partial charge in [0.1, 0.15) is 17.3 Å². The zero-order chi connectivity index (χ0) is 24.8. The number of benzene rings is 1. The van der Waals surface area contributed by atoms with Gasteiger partial charge in [-0.05, 0) is 72.5 Å². The van der Waals surface area contributed by atoms with Crippen molar-refractivity contribution in [3.63, 3.8) is 0 Å². The summed E-state index contributed by atoms with van der Waals surface area (Å²) < 4.78 is 13.5. The molecule has 8 nitrogen and oxygen atoms in total. The zero-order valence-corrected chi connectivity index (χ0v) is 19.3. The van der Waals surface area contributed by atoms with Crippen molar-refractivity contribution >= 4 is 28.7 Å². The molecule has 0 aliphatic rings. The Morgan fingerprint density at radius 2 is 1.80 bits per heavy atom. The summed E-state index contributed by atoms with van der Waals surface area (Å²) in [5.74, 6) is -0.500. The molecule has 1 aromatic carbocycles. The molecule has 0 aliphatic heterocycles. The Kier molecular flexibility index (Phi) is 7.47. The van der Waals surface area contributed by atoms with Crippen LogP contribution in [-0.4, -0.2) is 39.9 Å². The van der Waals surface area contributed by atoms with E-state index in [1.165, 1.54) is 12.1 Å². The van der Waals surface area contributed by atoms with E-state index >= 15 is 0 Å². The Labute approximate surface area is 202 Å². The van der Waals surface area contributed by atoms with Crippen LogP contribution in [0.5, 0.6) is 0 Å². The molecule has 1 atom stereocenters. The number of amides is 2. The van der Waals surface area contributed by atoms with Crippen molar-refractivity contribution in [3.8, 4) is 22.4 Å². The quantitative estimate of drug-likeness (QED) is 0.274. The van der Waals surface area contributed by atoms with E-state index in [4.69, 9.17) is 5.73 Å². The molecule has 0 aliphatic carbocycles. The van der Waals surface area contributed by atoms with Gasteiger partial charge in [-0.15, -0.1) is 0 Å². The van der Waals surface area contributed by atoms with Crippen LogP contribution < -0.4 is 16.4 Å². The third-order valence-corrected chi connectivity index (χ3v) is 5.78. The van der Waals surface area contributed by atoms with Crippen LogP contribution in [0.4, 0.5) is 10.2 Å². The number of nitrogens with two attached hydrogens (primary N) is 1. The van der Waals surface area contributed by atoms with Gasteiger partial charge in [0.25, 0.3) is 0 Å².